The van der Waals surface area contributed by atoms with Crippen molar-refractivity contribution in [2.45, 2.75) is 33.1 Å². The van der Waals surface area contributed by atoms with Crippen molar-refractivity contribution in [3.63, 3.8) is 0 Å². The molecule has 208 valence electrons. The molecule has 0 fully saturated rings. The average Bonchev–Trinajstić information content (AvgIpc) is 2.89. The number of aromatic nitrogens is 2. The maximum atomic E-state index is 13.9. The van der Waals surface area contributed by atoms with Crippen LogP contribution < -0.4 is 20.3 Å². The van der Waals surface area contributed by atoms with Gasteiger partial charge in [-0.05, 0) is 70.9 Å². The van der Waals surface area contributed by atoms with Crippen LogP contribution in [0.3, 0.4) is 0 Å². The maximum absolute atomic E-state index is 13.9. The standard InChI is InChI=1S/C29H27Br2FN4O4/c1-5-39-24-13-17(12-20(31)26(24)40-16-25(37)34-23-9-7-6-8-21(23)32)15-33-36-27(38)19-14-18(30)10-11-22(19)35-28(36)29(2,3)4/h6-15H,5,16H2,1-4H3,(H,34,37). The fourth-order valence-electron chi connectivity index (χ4n) is 3.82. The van der Waals surface area contributed by atoms with Gasteiger partial charge in [-0.25, -0.2) is 9.37 Å². The Kier molecular flexibility index (Phi) is 9.05. The fourth-order valence-corrected chi connectivity index (χ4v) is 4.75. The van der Waals surface area contributed by atoms with Crippen LogP contribution in [-0.2, 0) is 10.2 Å². The number of anilines is 1. The van der Waals surface area contributed by atoms with Gasteiger partial charge in [-0.2, -0.15) is 9.78 Å². The van der Waals surface area contributed by atoms with E-state index in [2.05, 4.69) is 42.3 Å². The average molecular weight is 674 g/mol. The number of halogens is 3. The van der Waals surface area contributed by atoms with E-state index >= 15 is 0 Å². The summed E-state index contributed by atoms with van der Waals surface area (Å²) in [5, 5.41) is 7.43. The van der Waals surface area contributed by atoms with Gasteiger partial charge in [-0.15, -0.1) is 0 Å². The van der Waals surface area contributed by atoms with E-state index in [-0.39, 0.29) is 17.9 Å². The highest BCUT2D eigenvalue weighted by Gasteiger charge is 2.23. The van der Waals surface area contributed by atoms with Gasteiger partial charge in [0.1, 0.15) is 11.6 Å². The number of hydrogen-bond acceptors (Lipinski definition) is 6. The first kappa shape index (κ1) is 29.4. The summed E-state index contributed by atoms with van der Waals surface area (Å²) in [4.78, 5) is 30.5. The van der Waals surface area contributed by atoms with Crippen molar-refractivity contribution in [2.24, 2.45) is 5.10 Å². The summed E-state index contributed by atoms with van der Waals surface area (Å²) in [6, 6.07) is 14.6. The number of rotatable bonds is 8. The quantitative estimate of drug-likeness (QED) is 0.211. The fraction of sp³-hybridized carbons (Fsp3) is 0.241. The van der Waals surface area contributed by atoms with E-state index in [4.69, 9.17) is 14.5 Å². The van der Waals surface area contributed by atoms with Gasteiger partial charge in [0.2, 0.25) is 0 Å². The van der Waals surface area contributed by atoms with Crippen LogP contribution in [0.4, 0.5) is 10.1 Å². The van der Waals surface area contributed by atoms with Gasteiger partial charge < -0.3 is 14.8 Å². The van der Waals surface area contributed by atoms with E-state index in [0.717, 1.165) is 4.47 Å². The Balaban J connectivity index is 1.64. The van der Waals surface area contributed by atoms with Crippen LogP contribution >= 0.6 is 31.9 Å². The van der Waals surface area contributed by atoms with Crippen molar-refractivity contribution < 1.29 is 18.7 Å². The number of nitrogens with zero attached hydrogens (tertiary/aromatic N) is 3. The third-order valence-corrected chi connectivity index (χ3v) is 6.71. The Morgan fingerprint density at radius 1 is 1.12 bits per heavy atom. The van der Waals surface area contributed by atoms with Gasteiger partial charge in [0, 0.05) is 9.89 Å². The number of amides is 1. The Labute approximate surface area is 247 Å². The SMILES string of the molecule is CCOc1cc(C=Nn2c(C(C)(C)C)nc3ccc(Br)cc3c2=O)cc(Br)c1OCC(=O)Nc1ccccc1F. The highest BCUT2D eigenvalue weighted by molar-refractivity contribution is 9.10. The van der Waals surface area contributed by atoms with Crippen LogP contribution in [-0.4, -0.2) is 35.0 Å². The molecular formula is C29H27Br2FN4O4. The van der Waals surface area contributed by atoms with Crippen molar-refractivity contribution in [1.82, 2.24) is 9.66 Å². The summed E-state index contributed by atoms with van der Waals surface area (Å²) in [7, 11) is 0. The summed E-state index contributed by atoms with van der Waals surface area (Å²) in [5.41, 5.74) is 0.506. The van der Waals surface area contributed by atoms with Crippen LogP contribution in [0.2, 0.25) is 0 Å². The van der Waals surface area contributed by atoms with Crippen LogP contribution in [0.1, 0.15) is 39.1 Å². The first-order valence-corrected chi connectivity index (χ1v) is 14.0. The van der Waals surface area contributed by atoms with Crippen molar-refractivity contribution >= 4 is 60.6 Å². The van der Waals surface area contributed by atoms with Crippen LogP contribution in [0, 0.1) is 5.82 Å². The molecule has 0 saturated carbocycles. The van der Waals surface area contributed by atoms with Crippen LogP contribution in [0.15, 0.2) is 73.4 Å². The molecular weight excluding hydrogens is 647 g/mol. The Hall–Kier alpha value is -3.57. The lowest BCUT2D eigenvalue weighted by molar-refractivity contribution is -0.118. The molecule has 4 aromatic rings. The van der Waals surface area contributed by atoms with Gasteiger partial charge in [0.25, 0.3) is 11.5 Å². The second-order valence-electron chi connectivity index (χ2n) is 9.79. The zero-order valence-electron chi connectivity index (χ0n) is 22.3. The number of carbonyl (C=O) groups excluding carboxylic acids is 1. The van der Waals surface area contributed by atoms with Crippen molar-refractivity contribution in [3.8, 4) is 11.5 Å². The molecule has 1 N–H and O–H groups in total. The molecule has 0 radical (unpaired) electrons. The van der Waals surface area contributed by atoms with Crippen LogP contribution in [0.5, 0.6) is 11.5 Å². The lowest BCUT2D eigenvalue weighted by Gasteiger charge is -2.21. The molecule has 3 aromatic carbocycles. The molecule has 1 amide bonds. The molecule has 0 unspecified atom stereocenters. The Morgan fingerprint density at radius 2 is 1.88 bits per heavy atom. The molecule has 11 heteroatoms. The zero-order chi connectivity index (χ0) is 29.0. The molecule has 0 saturated heterocycles. The summed E-state index contributed by atoms with van der Waals surface area (Å²) in [6.07, 6.45) is 1.53. The van der Waals surface area contributed by atoms with Gasteiger partial charge >= 0.3 is 0 Å². The molecule has 0 aliphatic rings. The van der Waals surface area contributed by atoms with Crippen molar-refractivity contribution in [2.75, 3.05) is 18.5 Å². The lowest BCUT2D eigenvalue weighted by atomic mass is 9.95. The second-order valence-corrected chi connectivity index (χ2v) is 11.6. The number of hydrogen-bond donors (Lipinski definition) is 1. The molecule has 0 atom stereocenters. The molecule has 40 heavy (non-hydrogen) atoms. The molecule has 0 spiro atoms. The van der Waals surface area contributed by atoms with E-state index in [1.165, 1.54) is 29.1 Å². The molecule has 0 aliphatic heterocycles. The lowest BCUT2D eigenvalue weighted by Crippen LogP contribution is -2.29. The third-order valence-electron chi connectivity index (χ3n) is 5.63. The van der Waals surface area contributed by atoms with Gasteiger partial charge in [-0.1, -0.05) is 48.8 Å². The molecule has 0 bridgehead atoms. The monoisotopic (exact) mass is 672 g/mol. The largest absolute Gasteiger partial charge is 0.490 e. The molecule has 8 nitrogen and oxygen atoms in total. The predicted octanol–water partition coefficient (Wildman–Crippen LogP) is 6.66. The Bertz CT molecular complexity index is 1660. The minimum Gasteiger partial charge on any atom is -0.490 e. The van der Waals surface area contributed by atoms with Gasteiger partial charge in [0.05, 0.1) is 33.9 Å². The van der Waals surface area contributed by atoms with Gasteiger partial charge in [0.15, 0.2) is 18.1 Å². The highest BCUT2D eigenvalue weighted by Crippen LogP contribution is 2.36. The number of ether oxygens (including phenoxy) is 2. The van der Waals surface area contributed by atoms with Crippen molar-refractivity contribution in [1.29, 1.82) is 0 Å². The van der Waals surface area contributed by atoms with E-state index in [1.54, 1.807) is 30.3 Å². The smallest absolute Gasteiger partial charge is 0.282 e. The third kappa shape index (κ3) is 6.76. The second kappa shape index (κ2) is 12.3. The maximum Gasteiger partial charge on any atom is 0.282 e. The van der Waals surface area contributed by atoms with E-state index < -0.39 is 17.1 Å². The highest BCUT2D eigenvalue weighted by atomic mass is 79.9. The summed E-state index contributed by atoms with van der Waals surface area (Å²) in [6.45, 7) is 7.67. The van der Waals surface area contributed by atoms with E-state index in [0.29, 0.717) is 44.9 Å². The molecule has 1 aromatic heterocycles. The summed E-state index contributed by atoms with van der Waals surface area (Å²) >= 11 is 6.90. The molecule has 0 aliphatic carbocycles. The van der Waals surface area contributed by atoms with E-state index in [1.807, 2.05) is 33.8 Å². The number of nitrogens with one attached hydrogen (secondary N) is 1. The molecule has 1 heterocycles. The summed E-state index contributed by atoms with van der Waals surface area (Å²) in [5.74, 6) is 0.0928. The number of benzene rings is 3. The zero-order valence-corrected chi connectivity index (χ0v) is 25.5. The van der Waals surface area contributed by atoms with Crippen LogP contribution in [0.25, 0.3) is 10.9 Å². The van der Waals surface area contributed by atoms with Gasteiger partial charge in [-0.3, -0.25) is 9.59 Å². The number of fused-ring (bicyclic) bond motifs is 1. The summed E-state index contributed by atoms with van der Waals surface area (Å²) < 4.78 is 27.9. The topological polar surface area (TPSA) is 94.8 Å². The van der Waals surface area contributed by atoms with Crippen molar-refractivity contribution in [3.05, 3.63) is 91.1 Å². The Morgan fingerprint density at radius 3 is 2.58 bits per heavy atom. The normalized spacial score (nSPS) is 11.7. The first-order valence-electron chi connectivity index (χ1n) is 12.4. The minimum atomic E-state index is -0.543. The first-order chi connectivity index (χ1) is 19.0. The molecule has 4 rings (SSSR count). The number of carbonyl (C=O) groups is 1. The minimum absolute atomic E-state index is 0.0622. The number of para-hydroxylation sites is 1. The van der Waals surface area contributed by atoms with E-state index in [9.17, 15) is 14.0 Å². The predicted molar refractivity (Wildman–Crippen MR) is 161 cm³/mol.